The number of piperidine rings is 1. The summed E-state index contributed by atoms with van der Waals surface area (Å²) in [6.07, 6.45) is 8.33. The van der Waals surface area contributed by atoms with Gasteiger partial charge >= 0.3 is 0 Å². The minimum Gasteiger partial charge on any atom is -0.372 e. The molecule has 5 nitrogen and oxygen atoms in total. The molecule has 1 aliphatic rings. The molecule has 0 amide bonds. The number of fused-ring (bicyclic) bond motifs is 1. The van der Waals surface area contributed by atoms with Gasteiger partial charge < -0.3 is 4.90 Å². The summed E-state index contributed by atoms with van der Waals surface area (Å²) in [5.41, 5.74) is 2.81. The standard InChI is InChI=1S/C24H27BrN4O/c1-2-3-7-23-27-22-13-10-19(25)16-21(22)24(30)29(23)26-17-18-8-11-20(12-9-18)28-14-5-4-6-15-28/h8-13,16-17H,2-7,14-15H2,1H3. The molecule has 1 aromatic heterocycles. The smallest absolute Gasteiger partial charge is 0.282 e. The van der Waals surface area contributed by atoms with E-state index in [2.05, 4.69) is 57.1 Å². The van der Waals surface area contributed by atoms with Crippen molar-refractivity contribution in [3.63, 3.8) is 0 Å². The predicted molar refractivity (Wildman–Crippen MR) is 128 cm³/mol. The molecular weight excluding hydrogens is 440 g/mol. The van der Waals surface area contributed by atoms with Crippen molar-refractivity contribution in [2.75, 3.05) is 18.0 Å². The van der Waals surface area contributed by atoms with Crippen molar-refractivity contribution in [3.05, 3.63) is 68.7 Å². The van der Waals surface area contributed by atoms with E-state index in [9.17, 15) is 4.79 Å². The van der Waals surface area contributed by atoms with Gasteiger partial charge in [-0.2, -0.15) is 9.78 Å². The lowest BCUT2D eigenvalue weighted by Gasteiger charge is -2.28. The van der Waals surface area contributed by atoms with Crippen molar-refractivity contribution in [3.8, 4) is 0 Å². The molecule has 4 rings (SSSR count). The van der Waals surface area contributed by atoms with Gasteiger partial charge in [-0.3, -0.25) is 4.79 Å². The first kappa shape index (κ1) is 20.8. The highest BCUT2D eigenvalue weighted by atomic mass is 79.9. The van der Waals surface area contributed by atoms with E-state index in [1.54, 1.807) is 6.21 Å². The summed E-state index contributed by atoms with van der Waals surface area (Å²) in [6.45, 7) is 4.39. The van der Waals surface area contributed by atoms with Crippen LogP contribution in [-0.2, 0) is 6.42 Å². The van der Waals surface area contributed by atoms with Crippen LogP contribution < -0.4 is 10.5 Å². The number of unbranched alkanes of at least 4 members (excludes halogenated alkanes) is 1. The van der Waals surface area contributed by atoms with E-state index in [1.807, 2.05) is 18.2 Å². The van der Waals surface area contributed by atoms with Crippen molar-refractivity contribution >= 4 is 38.7 Å². The molecule has 0 aliphatic carbocycles. The first-order valence-corrected chi connectivity index (χ1v) is 11.6. The second-order valence-corrected chi connectivity index (χ2v) is 8.71. The average Bonchev–Trinajstić information content (AvgIpc) is 2.78. The Morgan fingerprint density at radius 3 is 2.60 bits per heavy atom. The second-order valence-electron chi connectivity index (χ2n) is 7.79. The minimum atomic E-state index is -0.131. The van der Waals surface area contributed by atoms with Gasteiger partial charge in [-0.1, -0.05) is 41.4 Å². The van der Waals surface area contributed by atoms with Crippen molar-refractivity contribution in [1.29, 1.82) is 0 Å². The zero-order chi connectivity index (χ0) is 20.9. The summed E-state index contributed by atoms with van der Waals surface area (Å²) < 4.78 is 2.32. The number of aryl methyl sites for hydroxylation is 1. The molecule has 30 heavy (non-hydrogen) atoms. The highest BCUT2D eigenvalue weighted by molar-refractivity contribution is 9.10. The van der Waals surface area contributed by atoms with Crippen LogP contribution in [0, 0.1) is 0 Å². The van der Waals surface area contributed by atoms with Crippen LogP contribution in [0.5, 0.6) is 0 Å². The number of anilines is 1. The number of rotatable bonds is 6. The molecule has 0 saturated carbocycles. The topological polar surface area (TPSA) is 50.5 Å². The highest BCUT2D eigenvalue weighted by Crippen LogP contribution is 2.20. The van der Waals surface area contributed by atoms with Crippen LogP contribution >= 0.6 is 15.9 Å². The molecule has 2 heterocycles. The van der Waals surface area contributed by atoms with Gasteiger partial charge in [0.1, 0.15) is 5.82 Å². The molecule has 1 saturated heterocycles. The van der Waals surface area contributed by atoms with Crippen LogP contribution in [0.4, 0.5) is 5.69 Å². The van der Waals surface area contributed by atoms with Crippen LogP contribution in [0.3, 0.4) is 0 Å². The Bertz CT molecular complexity index is 1100. The van der Waals surface area contributed by atoms with Crippen LogP contribution in [0.1, 0.15) is 50.4 Å². The quantitative estimate of drug-likeness (QED) is 0.458. The third kappa shape index (κ3) is 4.64. The maximum atomic E-state index is 13.1. The van der Waals surface area contributed by atoms with Gasteiger partial charge in [-0.15, -0.1) is 0 Å². The van der Waals surface area contributed by atoms with Gasteiger partial charge in [0.05, 0.1) is 17.1 Å². The molecule has 0 N–H and O–H groups in total. The predicted octanol–water partition coefficient (Wildman–Crippen LogP) is 5.37. The summed E-state index contributed by atoms with van der Waals surface area (Å²) in [5, 5.41) is 5.11. The lowest BCUT2D eigenvalue weighted by atomic mass is 10.1. The van der Waals surface area contributed by atoms with Gasteiger partial charge in [0.25, 0.3) is 5.56 Å². The minimum absolute atomic E-state index is 0.131. The molecule has 0 bridgehead atoms. The third-order valence-corrected chi connectivity index (χ3v) is 6.06. The molecule has 156 valence electrons. The van der Waals surface area contributed by atoms with E-state index in [4.69, 9.17) is 4.98 Å². The highest BCUT2D eigenvalue weighted by Gasteiger charge is 2.12. The maximum Gasteiger partial charge on any atom is 0.282 e. The van der Waals surface area contributed by atoms with Gasteiger partial charge in [-0.05, 0) is 61.6 Å². The first-order chi connectivity index (χ1) is 14.7. The van der Waals surface area contributed by atoms with E-state index in [-0.39, 0.29) is 5.56 Å². The second kappa shape index (κ2) is 9.56. The molecule has 1 fully saturated rings. The summed E-state index contributed by atoms with van der Waals surface area (Å²) in [5.74, 6) is 0.706. The average molecular weight is 467 g/mol. The van der Waals surface area contributed by atoms with E-state index >= 15 is 0 Å². The van der Waals surface area contributed by atoms with Crippen LogP contribution in [-0.4, -0.2) is 29.0 Å². The Morgan fingerprint density at radius 2 is 1.87 bits per heavy atom. The van der Waals surface area contributed by atoms with Crippen molar-refractivity contribution in [2.45, 2.75) is 45.4 Å². The van der Waals surface area contributed by atoms with E-state index in [0.717, 1.165) is 42.4 Å². The lowest BCUT2D eigenvalue weighted by molar-refractivity contribution is 0.578. The molecule has 1 aliphatic heterocycles. The monoisotopic (exact) mass is 466 g/mol. The molecule has 0 atom stereocenters. The largest absolute Gasteiger partial charge is 0.372 e. The van der Waals surface area contributed by atoms with Crippen molar-refractivity contribution < 1.29 is 0 Å². The number of halogens is 1. The Kier molecular flexibility index (Phi) is 6.62. The normalized spacial score (nSPS) is 14.7. The number of aromatic nitrogens is 2. The van der Waals surface area contributed by atoms with Crippen LogP contribution in [0.2, 0.25) is 0 Å². The molecule has 0 spiro atoms. The summed E-state index contributed by atoms with van der Waals surface area (Å²) in [4.78, 5) is 20.3. The maximum absolute atomic E-state index is 13.1. The fourth-order valence-corrected chi connectivity index (χ4v) is 4.22. The van der Waals surface area contributed by atoms with Gasteiger partial charge in [0.2, 0.25) is 0 Å². The van der Waals surface area contributed by atoms with Crippen LogP contribution in [0.25, 0.3) is 10.9 Å². The molecular formula is C24H27BrN4O. The molecule has 3 aromatic rings. The van der Waals surface area contributed by atoms with E-state index in [1.165, 1.54) is 29.6 Å². The fourth-order valence-electron chi connectivity index (χ4n) is 3.86. The Hall–Kier alpha value is -2.47. The summed E-state index contributed by atoms with van der Waals surface area (Å²) >= 11 is 3.45. The zero-order valence-electron chi connectivity index (χ0n) is 17.4. The molecule has 2 aromatic carbocycles. The SMILES string of the molecule is CCCCc1nc2ccc(Br)cc2c(=O)n1N=Cc1ccc(N2CCCCC2)cc1. The fraction of sp³-hybridized carbons (Fsp3) is 0.375. The summed E-state index contributed by atoms with van der Waals surface area (Å²) in [7, 11) is 0. The number of benzene rings is 2. The Morgan fingerprint density at radius 1 is 1.10 bits per heavy atom. The molecule has 0 radical (unpaired) electrons. The Labute approximate surface area is 185 Å². The van der Waals surface area contributed by atoms with Gasteiger partial charge in [0, 0.05) is 29.7 Å². The first-order valence-electron chi connectivity index (χ1n) is 10.8. The van der Waals surface area contributed by atoms with Gasteiger partial charge in [-0.25, -0.2) is 4.98 Å². The van der Waals surface area contributed by atoms with Crippen molar-refractivity contribution in [2.24, 2.45) is 5.10 Å². The number of hydrogen-bond donors (Lipinski definition) is 0. The molecule has 6 heteroatoms. The molecule has 0 unspecified atom stereocenters. The Balaban J connectivity index is 1.65. The van der Waals surface area contributed by atoms with E-state index in [0.29, 0.717) is 16.7 Å². The summed E-state index contributed by atoms with van der Waals surface area (Å²) in [6, 6.07) is 14.0. The van der Waals surface area contributed by atoms with Gasteiger partial charge in [0.15, 0.2) is 0 Å². The van der Waals surface area contributed by atoms with E-state index < -0.39 is 0 Å². The number of nitrogens with zero attached hydrogens (tertiary/aromatic N) is 4. The lowest BCUT2D eigenvalue weighted by Crippen LogP contribution is -2.29. The van der Waals surface area contributed by atoms with Crippen molar-refractivity contribution in [1.82, 2.24) is 9.66 Å². The number of hydrogen-bond acceptors (Lipinski definition) is 4. The third-order valence-electron chi connectivity index (χ3n) is 5.57. The van der Waals surface area contributed by atoms with Crippen LogP contribution in [0.15, 0.2) is 56.8 Å². The zero-order valence-corrected chi connectivity index (χ0v) is 18.9.